The first-order chi connectivity index (χ1) is 7.51. The highest BCUT2D eigenvalue weighted by molar-refractivity contribution is 5.85. The monoisotopic (exact) mass is 228 g/mol. The van der Waals surface area contributed by atoms with Gasteiger partial charge in [0.05, 0.1) is 17.7 Å². The minimum Gasteiger partial charge on any atom is -0.379 e. The van der Waals surface area contributed by atoms with Crippen molar-refractivity contribution in [3.8, 4) is 0 Å². The van der Waals surface area contributed by atoms with Gasteiger partial charge in [-0.05, 0) is 39.7 Å². The molecule has 0 aliphatic heterocycles. The van der Waals surface area contributed by atoms with E-state index >= 15 is 0 Å². The van der Waals surface area contributed by atoms with Crippen molar-refractivity contribution in [2.45, 2.75) is 57.7 Å². The Morgan fingerprint density at radius 3 is 2.69 bits per heavy atom. The van der Waals surface area contributed by atoms with Crippen molar-refractivity contribution in [1.29, 1.82) is 0 Å². The molecule has 1 amide bonds. The highest BCUT2D eigenvalue weighted by Crippen LogP contribution is 2.22. The van der Waals surface area contributed by atoms with Crippen LogP contribution in [0.2, 0.25) is 0 Å². The van der Waals surface area contributed by atoms with E-state index < -0.39 is 5.54 Å². The van der Waals surface area contributed by atoms with Gasteiger partial charge in [0.1, 0.15) is 0 Å². The second-order valence-corrected chi connectivity index (χ2v) is 4.94. The third kappa shape index (κ3) is 3.19. The molecule has 0 spiro atoms. The number of amides is 1. The molecule has 1 rings (SSSR count). The third-order valence-electron chi connectivity index (χ3n) is 3.26. The number of methoxy groups -OCH3 is 1. The SMILES string of the molecule is CCNC(C)(C)C(=O)NC1CCCC1OC. The number of rotatable bonds is 5. The van der Waals surface area contributed by atoms with Gasteiger partial charge < -0.3 is 15.4 Å². The Labute approximate surface area is 98.1 Å². The summed E-state index contributed by atoms with van der Waals surface area (Å²) < 4.78 is 5.36. The van der Waals surface area contributed by atoms with Crippen molar-refractivity contribution in [1.82, 2.24) is 10.6 Å². The Kier molecular flexibility index (Phi) is 4.74. The summed E-state index contributed by atoms with van der Waals surface area (Å²) in [6.45, 7) is 6.60. The number of hydrogen-bond donors (Lipinski definition) is 2. The van der Waals surface area contributed by atoms with E-state index in [1.165, 1.54) is 0 Å². The van der Waals surface area contributed by atoms with Crippen LogP contribution in [-0.4, -0.2) is 37.2 Å². The molecule has 1 saturated carbocycles. The van der Waals surface area contributed by atoms with Crippen molar-refractivity contribution in [2.75, 3.05) is 13.7 Å². The average Bonchev–Trinajstić information content (AvgIpc) is 2.65. The molecule has 4 nitrogen and oxygen atoms in total. The lowest BCUT2D eigenvalue weighted by Gasteiger charge is -2.28. The Balaban J connectivity index is 2.50. The molecule has 0 aromatic heterocycles. The van der Waals surface area contributed by atoms with Crippen LogP contribution in [0.1, 0.15) is 40.0 Å². The van der Waals surface area contributed by atoms with Gasteiger partial charge in [0.2, 0.25) is 5.91 Å². The highest BCUT2D eigenvalue weighted by atomic mass is 16.5. The largest absolute Gasteiger partial charge is 0.379 e. The first kappa shape index (κ1) is 13.5. The zero-order chi connectivity index (χ0) is 12.2. The second kappa shape index (κ2) is 5.64. The number of hydrogen-bond acceptors (Lipinski definition) is 3. The van der Waals surface area contributed by atoms with E-state index in [-0.39, 0.29) is 18.1 Å². The predicted octanol–water partition coefficient (Wildman–Crippen LogP) is 1.06. The molecule has 1 aliphatic rings. The maximum atomic E-state index is 12.0. The maximum absolute atomic E-state index is 12.0. The zero-order valence-corrected chi connectivity index (χ0v) is 10.8. The summed E-state index contributed by atoms with van der Waals surface area (Å²) in [5.41, 5.74) is -0.504. The molecule has 4 heteroatoms. The van der Waals surface area contributed by atoms with Crippen LogP contribution < -0.4 is 10.6 Å². The van der Waals surface area contributed by atoms with Gasteiger partial charge in [0.15, 0.2) is 0 Å². The number of carbonyl (C=O) groups excluding carboxylic acids is 1. The van der Waals surface area contributed by atoms with E-state index in [1.54, 1.807) is 7.11 Å². The molecule has 0 heterocycles. The number of ether oxygens (including phenoxy) is 1. The van der Waals surface area contributed by atoms with Gasteiger partial charge in [-0.2, -0.15) is 0 Å². The normalized spacial score (nSPS) is 25.8. The molecule has 0 saturated heterocycles. The number of nitrogens with one attached hydrogen (secondary N) is 2. The van der Waals surface area contributed by atoms with Crippen molar-refractivity contribution < 1.29 is 9.53 Å². The quantitative estimate of drug-likeness (QED) is 0.739. The standard InChI is InChI=1S/C12H24N2O2/c1-5-13-12(2,3)11(15)14-9-7-6-8-10(9)16-4/h9-10,13H,5-8H2,1-4H3,(H,14,15). The molecular formula is C12H24N2O2. The first-order valence-electron chi connectivity index (χ1n) is 6.10. The molecule has 16 heavy (non-hydrogen) atoms. The highest BCUT2D eigenvalue weighted by Gasteiger charge is 2.33. The zero-order valence-electron chi connectivity index (χ0n) is 10.8. The lowest BCUT2D eigenvalue weighted by Crippen LogP contribution is -2.56. The summed E-state index contributed by atoms with van der Waals surface area (Å²) in [5.74, 6) is 0.0586. The van der Waals surface area contributed by atoms with Crippen LogP contribution in [-0.2, 0) is 9.53 Å². The molecule has 0 radical (unpaired) electrons. The molecule has 1 fully saturated rings. The van der Waals surface area contributed by atoms with Crippen LogP contribution >= 0.6 is 0 Å². The van der Waals surface area contributed by atoms with E-state index in [4.69, 9.17) is 4.74 Å². The summed E-state index contributed by atoms with van der Waals surface area (Å²) in [6, 6.07) is 0.176. The lowest BCUT2D eigenvalue weighted by molar-refractivity contribution is -0.127. The van der Waals surface area contributed by atoms with Gasteiger partial charge in [-0.15, -0.1) is 0 Å². The molecule has 0 bridgehead atoms. The lowest BCUT2D eigenvalue weighted by atomic mass is 10.0. The van der Waals surface area contributed by atoms with Gasteiger partial charge in [-0.3, -0.25) is 4.79 Å². The van der Waals surface area contributed by atoms with E-state index in [0.29, 0.717) is 0 Å². The molecule has 1 aliphatic carbocycles. The van der Waals surface area contributed by atoms with Crippen molar-refractivity contribution in [2.24, 2.45) is 0 Å². The van der Waals surface area contributed by atoms with E-state index in [0.717, 1.165) is 25.8 Å². The fraction of sp³-hybridized carbons (Fsp3) is 0.917. The number of likely N-dealkylation sites (N-methyl/N-ethyl adjacent to an activating group) is 1. The Bertz CT molecular complexity index is 241. The van der Waals surface area contributed by atoms with Crippen LogP contribution in [0.15, 0.2) is 0 Å². The van der Waals surface area contributed by atoms with Crippen molar-refractivity contribution in [3.05, 3.63) is 0 Å². The van der Waals surface area contributed by atoms with Crippen LogP contribution in [0.4, 0.5) is 0 Å². The molecule has 2 N–H and O–H groups in total. The second-order valence-electron chi connectivity index (χ2n) is 4.94. The molecular weight excluding hydrogens is 204 g/mol. The first-order valence-corrected chi connectivity index (χ1v) is 6.10. The van der Waals surface area contributed by atoms with Gasteiger partial charge >= 0.3 is 0 Å². The molecule has 2 atom stereocenters. The molecule has 2 unspecified atom stereocenters. The number of carbonyl (C=O) groups is 1. The van der Waals surface area contributed by atoms with Crippen LogP contribution in [0.5, 0.6) is 0 Å². The van der Waals surface area contributed by atoms with Crippen LogP contribution in [0.25, 0.3) is 0 Å². The Morgan fingerprint density at radius 1 is 1.44 bits per heavy atom. The molecule has 94 valence electrons. The van der Waals surface area contributed by atoms with Gasteiger partial charge in [0.25, 0.3) is 0 Å². The van der Waals surface area contributed by atoms with E-state index in [1.807, 2.05) is 20.8 Å². The minimum atomic E-state index is -0.504. The molecule has 0 aromatic carbocycles. The fourth-order valence-corrected chi connectivity index (χ4v) is 2.24. The summed E-state index contributed by atoms with van der Waals surface area (Å²) in [6.07, 6.45) is 3.38. The Hall–Kier alpha value is -0.610. The third-order valence-corrected chi connectivity index (χ3v) is 3.26. The summed E-state index contributed by atoms with van der Waals surface area (Å²) in [4.78, 5) is 12.0. The fourth-order valence-electron chi connectivity index (χ4n) is 2.24. The van der Waals surface area contributed by atoms with Gasteiger partial charge in [0, 0.05) is 7.11 Å². The molecule has 0 aromatic rings. The summed E-state index contributed by atoms with van der Waals surface area (Å²) in [5, 5.41) is 6.25. The average molecular weight is 228 g/mol. The minimum absolute atomic E-state index is 0.0586. The van der Waals surface area contributed by atoms with Gasteiger partial charge in [-0.25, -0.2) is 0 Å². The van der Waals surface area contributed by atoms with Crippen LogP contribution in [0, 0.1) is 0 Å². The predicted molar refractivity (Wildman–Crippen MR) is 64.3 cm³/mol. The maximum Gasteiger partial charge on any atom is 0.240 e. The van der Waals surface area contributed by atoms with Crippen LogP contribution in [0.3, 0.4) is 0 Å². The Morgan fingerprint density at radius 2 is 2.12 bits per heavy atom. The van der Waals surface area contributed by atoms with Crippen molar-refractivity contribution in [3.63, 3.8) is 0 Å². The van der Waals surface area contributed by atoms with Gasteiger partial charge in [-0.1, -0.05) is 6.92 Å². The van der Waals surface area contributed by atoms with Crippen molar-refractivity contribution >= 4 is 5.91 Å². The van der Waals surface area contributed by atoms with E-state index in [9.17, 15) is 4.79 Å². The topological polar surface area (TPSA) is 50.4 Å². The smallest absolute Gasteiger partial charge is 0.240 e. The summed E-state index contributed by atoms with van der Waals surface area (Å²) in [7, 11) is 1.71. The summed E-state index contributed by atoms with van der Waals surface area (Å²) >= 11 is 0. The van der Waals surface area contributed by atoms with E-state index in [2.05, 4.69) is 10.6 Å².